The van der Waals surface area contributed by atoms with E-state index in [1.165, 1.54) is 77.2 Å². The van der Waals surface area contributed by atoms with Crippen LogP contribution in [0.25, 0.3) is 65.7 Å². The lowest BCUT2D eigenvalue weighted by molar-refractivity contribution is 0.660. The highest BCUT2D eigenvalue weighted by atomic mass is 15.2. The summed E-state index contributed by atoms with van der Waals surface area (Å²) in [5.41, 5.74) is 16.4. The van der Waals surface area contributed by atoms with Gasteiger partial charge in [-0.05, 0) is 99.6 Å². The van der Waals surface area contributed by atoms with Gasteiger partial charge in [0.05, 0.1) is 0 Å². The average Bonchev–Trinajstić information content (AvgIpc) is 3.67. The Morgan fingerprint density at radius 2 is 0.917 bits per heavy atom. The fourth-order valence-corrected chi connectivity index (χ4v) is 10.9. The predicted octanol–water partition coefficient (Wildman–Crippen LogP) is 13.9. The maximum Gasteiger partial charge on any atom is 0.159 e. The van der Waals surface area contributed by atoms with Crippen molar-refractivity contribution in [3.63, 3.8) is 0 Å². The zero-order valence-corrected chi connectivity index (χ0v) is 34.2. The van der Waals surface area contributed by atoms with Crippen molar-refractivity contribution >= 4 is 44.0 Å². The van der Waals surface area contributed by atoms with Crippen molar-refractivity contribution in [2.24, 2.45) is 9.98 Å². The van der Waals surface area contributed by atoms with Crippen molar-refractivity contribution in [2.45, 2.75) is 44.7 Å². The minimum absolute atomic E-state index is 0.120. The standard InChI is InChI=1S/C57H43N3/c1-56(2)44-29-17-15-27-41(44)50-46(56)32-31-40-43(33-47-51(52(40)50)42-28-16-18-30-45(42)57(47,3)4)48-36-23-11-13-25-38(36)49(39-26-14-12-24-37(39)48)55-59-53(34-19-7-5-8-20-34)58-54(60-55)35-21-9-6-10-22-35/h5-33,53H,1-4H3,(H,58,59,60). The summed E-state index contributed by atoms with van der Waals surface area (Å²) >= 11 is 0. The molecule has 3 nitrogen and oxygen atoms in total. The summed E-state index contributed by atoms with van der Waals surface area (Å²) < 4.78 is 0. The van der Waals surface area contributed by atoms with E-state index in [4.69, 9.17) is 9.98 Å². The van der Waals surface area contributed by atoms with Gasteiger partial charge in [-0.2, -0.15) is 0 Å². The first-order valence-electron chi connectivity index (χ1n) is 21.1. The molecule has 60 heavy (non-hydrogen) atoms. The molecule has 12 rings (SSSR count). The average molecular weight is 770 g/mol. The van der Waals surface area contributed by atoms with E-state index in [1.54, 1.807) is 0 Å². The van der Waals surface area contributed by atoms with Crippen LogP contribution in [0.4, 0.5) is 0 Å². The summed E-state index contributed by atoms with van der Waals surface area (Å²) in [5.74, 6) is 1.54. The first-order chi connectivity index (χ1) is 29.3. The summed E-state index contributed by atoms with van der Waals surface area (Å²) in [5, 5.41) is 11.2. The van der Waals surface area contributed by atoms with E-state index in [0.717, 1.165) is 39.1 Å². The summed E-state index contributed by atoms with van der Waals surface area (Å²) in [6.07, 6.45) is -0.301. The number of amidine groups is 2. The smallest absolute Gasteiger partial charge is 0.159 e. The molecule has 0 saturated heterocycles. The number of rotatable bonds is 4. The summed E-state index contributed by atoms with van der Waals surface area (Å²) in [6, 6.07) is 64.4. The van der Waals surface area contributed by atoms with Gasteiger partial charge < -0.3 is 5.32 Å². The highest BCUT2D eigenvalue weighted by Crippen LogP contribution is 2.59. The van der Waals surface area contributed by atoms with E-state index in [-0.39, 0.29) is 17.0 Å². The molecule has 3 heteroatoms. The van der Waals surface area contributed by atoms with Crippen molar-refractivity contribution in [2.75, 3.05) is 0 Å². The monoisotopic (exact) mass is 769 g/mol. The van der Waals surface area contributed by atoms with Crippen molar-refractivity contribution in [3.8, 4) is 33.4 Å². The van der Waals surface area contributed by atoms with E-state index in [1.807, 2.05) is 6.07 Å². The van der Waals surface area contributed by atoms with Crippen LogP contribution in [0.2, 0.25) is 0 Å². The molecule has 1 aliphatic heterocycles. The van der Waals surface area contributed by atoms with Crippen molar-refractivity contribution < 1.29 is 0 Å². The van der Waals surface area contributed by atoms with Crippen LogP contribution in [0, 0.1) is 0 Å². The molecule has 286 valence electrons. The van der Waals surface area contributed by atoms with Gasteiger partial charge in [-0.15, -0.1) is 0 Å². The molecule has 0 aromatic heterocycles. The zero-order valence-electron chi connectivity index (χ0n) is 34.2. The third-order valence-corrected chi connectivity index (χ3v) is 13.7. The van der Waals surface area contributed by atoms with Crippen LogP contribution < -0.4 is 5.32 Å². The first-order valence-corrected chi connectivity index (χ1v) is 21.1. The molecular weight excluding hydrogens is 727 g/mol. The van der Waals surface area contributed by atoms with Crippen LogP contribution in [0.1, 0.15) is 72.8 Å². The maximum atomic E-state index is 5.37. The normalized spacial score (nSPS) is 16.8. The topological polar surface area (TPSA) is 36.8 Å². The molecule has 1 heterocycles. The number of aliphatic imine (C=N–C) groups is 2. The second kappa shape index (κ2) is 12.7. The van der Waals surface area contributed by atoms with E-state index in [9.17, 15) is 0 Å². The lowest BCUT2D eigenvalue weighted by Crippen LogP contribution is -2.34. The highest BCUT2D eigenvalue weighted by molar-refractivity contribution is 6.30. The largest absolute Gasteiger partial charge is 0.344 e. The Morgan fingerprint density at radius 1 is 0.417 bits per heavy atom. The second-order valence-electron chi connectivity index (χ2n) is 17.7. The molecule has 9 aromatic carbocycles. The maximum absolute atomic E-state index is 5.37. The Morgan fingerprint density at radius 3 is 1.53 bits per heavy atom. The number of nitrogens with one attached hydrogen (secondary N) is 1. The summed E-state index contributed by atoms with van der Waals surface area (Å²) in [6.45, 7) is 9.61. The van der Waals surface area contributed by atoms with Gasteiger partial charge in [0.1, 0.15) is 12.0 Å². The fraction of sp³-hybridized carbons (Fsp3) is 0.123. The third-order valence-electron chi connectivity index (χ3n) is 13.7. The predicted molar refractivity (Wildman–Crippen MR) is 251 cm³/mol. The van der Waals surface area contributed by atoms with Gasteiger partial charge in [0, 0.05) is 22.0 Å². The molecule has 3 aliphatic rings. The van der Waals surface area contributed by atoms with Crippen LogP contribution in [-0.2, 0) is 10.8 Å². The number of fused-ring (bicyclic) bond motifs is 11. The molecule has 0 bridgehead atoms. The van der Waals surface area contributed by atoms with E-state index >= 15 is 0 Å². The van der Waals surface area contributed by atoms with Gasteiger partial charge in [0.25, 0.3) is 0 Å². The fourth-order valence-electron chi connectivity index (χ4n) is 10.9. The molecule has 0 spiro atoms. The number of nitrogens with zero attached hydrogens (tertiary/aromatic N) is 2. The van der Waals surface area contributed by atoms with Crippen molar-refractivity contribution in [1.82, 2.24) is 5.32 Å². The minimum atomic E-state index is -0.301. The molecule has 2 aliphatic carbocycles. The van der Waals surface area contributed by atoms with E-state index < -0.39 is 0 Å². The lowest BCUT2D eigenvalue weighted by atomic mass is 9.77. The number of hydrogen-bond donors (Lipinski definition) is 1. The molecule has 1 unspecified atom stereocenters. The van der Waals surface area contributed by atoms with Crippen LogP contribution in [0.3, 0.4) is 0 Å². The van der Waals surface area contributed by atoms with Gasteiger partial charge >= 0.3 is 0 Å². The zero-order chi connectivity index (χ0) is 40.3. The van der Waals surface area contributed by atoms with Crippen molar-refractivity contribution in [3.05, 3.63) is 215 Å². The summed E-state index contributed by atoms with van der Waals surface area (Å²) in [4.78, 5) is 10.6. The molecule has 0 saturated carbocycles. The first kappa shape index (κ1) is 34.9. The quantitative estimate of drug-likeness (QED) is 0.178. The van der Waals surface area contributed by atoms with Crippen LogP contribution in [-0.4, -0.2) is 11.7 Å². The Bertz CT molecular complexity index is 3260. The van der Waals surface area contributed by atoms with E-state index in [0.29, 0.717) is 0 Å². The highest BCUT2D eigenvalue weighted by Gasteiger charge is 2.42. The summed E-state index contributed by atoms with van der Waals surface area (Å²) in [7, 11) is 0. The Kier molecular flexibility index (Phi) is 7.39. The SMILES string of the molecule is CC1(C)c2ccccc2-c2c1ccc1c(-c3c4ccccc4c(C4=NC(c5ccccc5)=NC(c5ccccc5)N4)c4ccccc34)cc3c(c21)-c1ccccc1C3(C)C. The minimum Gasteiger partial charge on any atom is -0.344 e. The Labute approximate surface area is 350 Å². The van der Waals surface area contributed by atoms with Crippen LogP contribution >= 0.6 is 0 Å². The van der Waals surface area contributed by atoms with Gasteiger partial charge in [-0.1, -0.05) is 198 Å². The Balaban J connectivity index is 1.19. The molecule has 1 N–H and O–H groups in total. The molecule has 0 amide bonds. The number of hydrogen-bond acceptors (Lipinski definition) is 3. The van der Waals surface area contributed by atoms with Gasteiger partial charge in [-0.25, -0.2) is 9.98 Å². The molecule has 9 aromatic rings. The molecule has 0 radical (unpaired) electrons. The Hall–Kier alpha value is -7.10. The van der Waals surface area contributed by atoms with Crippen LogP contribution in [0.5, 0.6) is 0 Å². The third kappa shape index (κ3) is 4.84. The molecule has 1 atom stereocenters. The molecule has 0 fully saturated rings. The molecular formula is C57H43N3. The van der Waals surface area contributed by atoms with Crippen molar-refractivity contribution in [1.29, 1.82) is 0 Å². The van der Waals surface area contributed by atoms with Gasteiger partial charge in [-0.3, -0.25) is 0 Å². The van der Waals surface area contributed by atoms with Gasteiger partial charge in [0.2, 0.25) is 0 Å². The van der Waals surface area contributed by atoms with E-state index in [2.05, 4.69) is 203 Å². The van der Waals surface area contributed by atoms with Gasteiger partial charge in [0.15, 0.2) is 5.84 Å². The lowest BCUT2D eigenvalue weighted by Gasteiger charge is -2.27. The second-order valence-corrected chi connectivity index (χ2v) is 17.7. The number of benzene rings is 9. The van der Waals surface area contributed by atoms with Crippen LogP contribution in [0.15, 0.2) is 186 Å².